The minimum Gasteiger partial charge on any atom is -0.337 e. The molecule has 8 nitrogen and oxygen atoms in total. The van der Waals surface area contributed by atoms with Gasteiger partial charge in [0.15, 0.2) is 5.82 Å². The van der Waals surface area contributed by atoms with Gasteiger partial charge >= 0.3 is 6.03 Å². The minimum atomic E-state index is -0.391. The lowest BCUT2D eigenvalue weighted by Gasteiger charge is -2.21. The molecule has 0 aliphatic carbocycles. The summed E-state index contributed by atoms with van der Waals surface area (Å²) in [6.45, 7) is 7.28. The van der Waals surface area contributed by atoms with Gasteiger partial charge in [-0.25, -0.2) is 10.2 Å². The molecule has 3 aromatic rings. The summed E-state index contributed by atoms with van der Waals surface area (Å²) >= 11 is 0. The van der Waals surface area contributed by atoms with E-state index in [9.17, 15) is 9.59 Å². The number of nitrogens with zero attached hydrogens (tertiary/aromatic N) is 2. The van der Waals surface area contributed by atoms with E-state index in [4.69, 9.17) is 0 Å². The molecule has 3 amide bonds. The minimum absolute atomic E-state index is 0.147. The Labute approximate surface area is 187 Å². The van der Waals surface area contributed by atoms with Crippen molar-refractivity contribution in [3.05, 3.63) is 59.3 Å². The fourth-order valence-corrected chi connectivity index (χ4v) is 4.14. The van der Waals surface area contributed by atoms with Crippen molar-refractivity contribution in [2.24, 2.45) is 0 Å². The van der Waals surface area contributed by atoms with Crippen LogP contribution in [0.4, 0.5) is 10.6 Å². The maximum absolute atomic E-state index is 12.9. The fraction of sp³-hybridized carbons (Fsp3) is 0.375. The molecule has 2 aromatic carbocycles. The molecule has 0 unspecified atom stereocenters. The van der Waals surface area contributed by atoms with E-state index in [1.807, 2.05) is 56.3 Å². The molecular formula is C24H30N6O2. The van der Waals surface area contributed by atoms with Gasteiger partial charge in [0.05, 0.1) is 17.7 Å². The van der Waals surface area contributed by atoms with Gasteiger partial charge in [-0.3, -0.25) is 4.79 Å². The summed E-state index contributed by atoms with van der Waals surface area (Å²) in [4.78, 5) is 26.7. The van der Waals surface area contributed by atoms with E-state index < -0.39 is 5.54 Å². The van der Waals surface area contributed by atoms with E-state index >= 15 is 0 Å². The molecule has 168 valence electrons. The summed E-state index contributed by atoms with van der Waals surface area (Å²) < 4.78 is 0. The Morgan fingerprint density at radius 3 is 2.75 bits per heavy atom. The lowest BCUT2D eigenvalue weighted by Crippen LogP contribution is -2.39. The smallest absolute Gasteiger partial charge is 0.335 e. The number of aromatic nitrogens is 2. The maximum atomic E-state index is 12.9. The first-order valence-corrected chi connectivity index (χ1v) is 11.1. The number of rotatable bonds is 7. The average Bonchev–Trinajstić information content (AvgIpc) is 3.26. The van der Waals surface area contributed by atoms with Gasteiger partial charge in [0.1, 0.15) is 0 Å². The third-order valence-electron chi connectivity index (χ3n) is 5.79. The number of nitrogens with one attached hydrogen (secondary N) is 4. The summed E-state index contributed by atoms with van der Waals surface area (Å²) in [5.74, 6) is 0.322. The van der Waals surface area contributed by atoms with E-state index in [1.54, 1.807) is 0 Å². The summed E-state index contributed by atoms with van der Waals surface area (Å²) in [5, 5.41) is 15.9. The first-order chi connectivity index (χ1) is 15.4. The normalized spacial score (nSPS) is 14.2. The fourth-order valence-electron chi connectivity index (χ4n) is 4.14. The molecule has 1 aromatic heterocycles. The lowest BCUT2D eigenvalue weighted by atomic mass is 10.0. The van der Waals surface area contributed by atoms with Gasteiger partial charge in [0.25, 0.3) is 0 Å². The number of urea groups is 1. The van der Waals surface area contributed by atoms with Gasteiger partial charge in [0.2, 0.25) is 5.91 Å². The van der Waals surface area contributed by atoms with E-state index in [2.05, 4.69) is 33.4 Å². The van der Waals surface area contributed by atoms with E-state index in [0.717, 1.165) is 40.4 Å². The largest absolute Gasteiger partial charge is 0.337 e. The van der Waals surface area contributed by atoms with Crippen molar-refractivity contribution in [2.45, 2.75) is 52.1 Å². The van der Waals surface area contributed by atoms with Crippen molar-refractivity contribution in [1.82, 2.24) is 20.5 Å². The van der Waals surface area contributed by atoms with Gasteiger partial charge in [-0.15, -0.1) is 5.10 Å². The van der Waals surface area contributed by atoms with Gasteiger partial charge < -0.3 is 16.0 Å². The monoisotopic (exact) mass is 434 g/mol. The number of carbonyl (C=O) groups is 2. The van der Waals surface area contributed by atoms with Gasteiger partial charge in [0, 0.05) is 18.7 Å². The number of fused-ring (bicyclic) bond motifs is 2. The van der Waals surface area contributed by atoms with E-state index in [-0.39, 0.29) is 18.4 Å². The number of anilines is 1. The summed E-state index contributed by atoms with van der Waals surface area (Å²) in [7, 11) is 0. The number of hydrogen-bond acceptors (Lipinski definition) is 4. The molecule has 0 fully saturated rings. The van der Waals surface area contributed by atoms with Crippen molar-refractivity contribution in [1.29, 1.82) is 0 Å². The Bertz CT molecular complexity index is 1150. The second-order valence-corrected chi connectivity index (χ2v) is 8.65. The second kappa shape index (κ2) is 9.00. The second-order valence-electron chi connectivity index (χ2n) is 8.65. The SMILES string of the molecule is CCCCNC(=O)Nn1nc(NC(=O)Cc2cccc3ccccc23)c2c1C(C)(C)NC2. The Balaban J connectivity index is 1.53. The molecule has 4 rings (SSSR count). The number of benzene rings is 2. The van der Waals surface area contributed by atoms with Crippen LogP contribution in [-0.2, 0) is 23.3 Å². The van der Waals surface area contributed by atoms with Crippen LogP contribution in [0.3, 0.4) is 0 Å². The van der Waals surface area contributed by atoms with Crippen molar-refractivity contribution < 1.29 is 9.59 Å². The quantitative estimate of drug-likeness (QED) is 0.427. The first kappa shape index (κ1) is 21.8. The number of hydrogen-bond donors (Lipinski definition) is 4. The molecule has 0 saturated heterocycles. The molecule has 0 spiro atoms. The van der Waals surface area contributed by atoms with Crippen LogP contribution in [0.1, 0.15) is 50.4 Å². The highest BCUT2D eigenvalue weighted by Crippen LogP contribution is 2.34. The molecule has 0 atom stereocenters. The highest BCUT2D eigenvalue weighted by molar-refractivity contribution is 5.96. The molecule has 0 saturated carbocycles. The number of unbranched alkanes of at least 4 members (excludes halogenated alkanes) is 1. The first-order valence-electron chi connectivity index (χ1n) is 11.1. The molecular weight excluding hydrogens is 404 g/mol. The molecule has 0 bridgehead atoms. The number of carbonyl (C=O) groups excluding carboxylic acids is 2. The van der Waals surface area contributed by atoms with Crippen LogP contribution in [0, 0.1) is 0 Å². The predicted octanol–water partition coefficient (Wildman–Crippen LogP) is 3.61. The zero-order valence-corrected chi connectivity index (χ0v) is 18.8. The van der Waals surface area contributed by atoms with Crippen molar-refractivity contribution in [3.8, 4) is 0 Å². The summed E-state index contributed by atoms with van der Waals surface area (Å²) in [6, 6.07) is 13.7. The molecule has 1 aliphatic rings. The molecule has 32 heavy (non-hydrogen) atoms. The van der Waals surface area contributed by atoms with Crippen LogP contribution in [0.2, 0.25) is 0 Å². The molecule has 0 radical (unpaired) electrons. The summed E-state index contributed by atoms with van der Waals surface area (Å²) in [5.41, 5.74) is 5.08. The molecule has 1 aliphatic heterocycles. The van der Waals surface area contributed by atoms with Gasteiger partial charge in [-0.1, -0.05) is 55.8 Å². The number of amides is 3. The van der Waals surface area contributed by atoms with Crippen LogP contribution >= 0.6 is 0 Å². The molecule has 2 heterocycles. The van der Waals surface area contributed by atoms with Crippen LogP contribution in [0.15, 0.2) is 42.5 Å². The Morgan fingerprint density at radius 1 is 1.16 bits per heavy atom. The highest BCUT2D eigenvalue weighted by Gasteiger charge is 2.37. The van der Waals surface area contributed by atoms with Crippen molar-refractivity contribution in [2.75, 3.05) is 17.3 Å². The highest BCUT2D eigenvalue weighted by atomic mass is 16.2. The van der Waals surface area contributed by atoms with E-state index in [1.165, 1.54) is 4.79 Å². The lowest BCUT2D eigenvalue weighted by molar-refractivity contribution is -0.115. The maximum Gasteiger partial charge on any atom is 0.335 e. The van der Waals surface area contributed by atoms with Crippen LogP contribution in [0.25, 0.3) is 10.8 Å². The van der Waals surface area contributed by atoms with E-state index in [0.29, 0.717) is 18.9 Å². The van der Waals surface area contributed by atoms with Crippen LogP contribution in [0.5, 0.6) is 0 Å². The third kappa shape index (κ3) is 4.45. The third-order valence-corrected chi connectivity index (χ3v) is 5.79. The Morgan fingerprint density at radius 2 is 1.94 bits per heavy atom. The topological polar surface area (TPSA) is 100 Å². The van der Waals surface area contributed by atoms with Crippen molar-refractivity contribution in [3.63, 3.8) is 0 Å². The molecule has 4 N–H and O–H groups in total. The Hall–Kier alpha value is -3.39. The predicted molar refractivity (Wildman–Crippen MR) is 126 cm³/mol. The van der Waals surface area contributed by atoms with Crippen LogP contribution < -0.4 is 21.4 Å². The zero-order valence-electron chi connectivity index (χ0n) is 18.8. The average molecular weight is 435 g/mol. The summed E-state index contributed by atoms with van der Waals surface area (Å²) in [6.07, 6.45) is 2.15. The van der Waals surface area contributed by atoms with Gasteiger partial charge in [-0.2, -0.15) is 4.79 Å². The van der Waals surface area contributed by atoms with Crippen LogP contribution in [-0.4, -0.2) is 28.4 Å². The van der Waals surface area contributed by atoms with Gasteiger partial charge in [-0.05, 0) is 36.6 Å². The molecule has 8 heteroatoms. The Kier molecular flexibility index (Phi) is 6.14. The standard InChI is InChI=1S/C24H30N6O2/c1-4-5-13-25-23(32)29-30-21-19(15-26-24(21,2)3)22(28-30)27-20(31)14-17-11-8-10-16-9-6-7-12-18(16)17/h6-12,26H,4-5,13-15H2,1-3H3,(H2,25,29,32)(H,27,28,31). The van der Waals surface area contributed by atoms with Crippen molar-refractivity contribution >= 4 is 28.5 Å². The zero-order chi connectivity index (χ0) is 22.7.